The van der Waals surface area contributed by atoms with Gasteiger partial charge in [0.25, 0.3) is 0 Å². The van der Waals surface area contributed by atoms with E-state index in [4.69, 9.17) is 19.9 Å². The topological polar surface area (TPSA) is 51.6 Å². The summed E-state index contributed by atoms with van der Waals surface area (Å²) < 4.78 is 0. The van der Waals surface area contributed by atoms with Crippen LogP contribution in [0.25, 0.3) is 22.3 Å². The van der Waals surface area contributed by atoms with Crippen LogP contribution in [0.5, 0.6) is 0 Å². The maximum atomic E-state index is 4.90. The molecule has 10 rings (SSSR count). The predicted octanol–water partition coefficient (Wildman–Crippen LogP) is 11.5. The molecule has 0 amide bonds. The van der Waals surface area contributed by atoms with Crippen LogP contribution in [0.15, 0.2) is 134 Å². The Morgan fingerprint density at radius 3 is 1.57 bits per heavy atom. The van der Waals surface area contributed by atoms with Crippen LogP contribution in [0.3, 0.4) is 0 Å². The fourth-order valence-electron chi connectivity index (χ4n) is 9.93. The number of benzene rings is 2. The molecule has 0 aliphatic heterocycles. The largest absolute Gasteiger partial charge is 0.748 e. The zero-order valence-corrected chi connectivity index (χ0v) is 34.2. The summed E-state index contributed by atoms with van der Waals surface area (Å²) >= 11 is 0. The maximum Gasteiger partial charge on any atom is 0.148 e. The van der Waals surface area contributed by atoms with Crippen molar-refractivity contribution in [2.75, 3.05) is 0 Å². The molecule has 7 heteroatoms. The monoisotopic (exact) mass is 776 g/mol. The molecular formula is C46H50FeN4P2-6. The molecule has 4 aromatic carbocycles. The first-order valence-corrected chi connectivity index (χ1v) is 21.2. The van der Waals surface area contributed by atoms with E-state index < -0.39 is 5.16 Å². The molecule has 0 spiro atoms. The van der Waals surface area contributed by atoms with E-state index in [2.05, 4.69) is 96.7 Å². The molecule has 0 N–H and O–H groups in total. The molecule has 4 nitrogen and oxygen atoms in total. The fourth-order valence-corrected chi connectivity index (χ4v) is 14.2. The Kier molecular flexibility index (Phi) is 11.6. The molecule has 53 heavy (non-hydrogen) atoms. The van der Waals surface area contributed by atoms with E-state index in [0.717, 1.165) is 35.5 Å². The Morgan fingerprint density at radius 1 is 0.660 bits per heavy atom. The normalized spacial score (nSPS) is 22.4. The Labute approximate surface area is 330 Å². The van der Waals surface area contributed by atoms with E-state index >= 15 is 0 Å². The second-order valence-corrected chi connectivity index (χ2v) is 20.3. The summed E-state index contributed by atoms with van der Waals surface area (Å²) in [6.45, 7) is 7.59. The molecular weight excluding hydrogens is 726 g/mol. The van der Waals surface area contributed by atoms with Gasteiger partial charge in [0.1, 0.15) is 16.8 Å². The third-order valence-corrected chi connectivity index (χ3v) is 16.6. The standard InChI is InChI=1S/C41H45N4P2.C5H5.Fe/c1-40(2,3)47(37-31-21-27-20-28(23-31)24-32(37)22-27)26-34-35(41(46,38-42-16-10-17-43-38)39-44-18-11-19-45-39)25-33(29-12-6-4-7-13-29)36(34)30-14-8-5-9-15-30;1-2-4-5-3-1;/h4-19,25,27-28,31-32,37H,20-24,26,46H2,1-3H3;1-5H;/q-1;-5;. The van der Waals surface area contributed by atoms with Crippen LogP contribution < -0.4 is 0 Å². The average molecular weight is 777 g/mol. The fraction of sp³-hybridized carbons (Fsp3) is 0.348. The Balaban J connectivity index is 0.000000671. The summed E-state index contributed by atoms with van der Waals surface area (Å²) in [5.41, 5.74) is 8.52. The van der Waals surface area contributed by atoms with Gasteiger partial charge in [-0.05, 0) is 84.9 Å². The zero-order valence-electron chi connectivity index (χ0n) is 31.0. The van der Waals surface area contributed by atoms with Crippen LogP contribution in [0.2, 0.25) is 0 Å². The van der Waals surface area contributed by atoms with Crippen molar-refractivity contribution in [3.8, 4) is 22.3 Å². The van der Waals surface area contributed by atoms with Crippen LogP contribution in [-0.4, -0.2) is 30.8 Å². The summed E-state index contributed by atoms with van der Waals surface area (Å²) in [5.74, 6) is 5.09. The van der Waals surface area contributed by atoms with Gasteiger partial charge >= 0.3 is 0 Å². The molecule has 4 saturated carbocycles. The van der Waals surface area contributed by atoms with Crippen molar-refractivity contribution < 1.29 is 17.1 Å². The van der Waals surface area contributed by atoms with Crippen LogP contribution in [-0.2, 0) is 28.4 Å². The second kappa shape index (κ2) is 16.2. The van der Waals surface area contributed by atoms with Crippen LogP contribution in [0.1, 0.15) is 75.7 Å². The molecule has 278 valence electrons. The number of hydrogen-bond acceptors (Lipinski definition) is 4. The van der Waals surface area contributed by atoms with E-state index in [1.807, 2.05) is 67.3 Å². The molecule has 4 fully saturated rings. The third-order valence-electron chi connectivity index (χ3n) is 11.9. The SMILES string of the molecule is CC(C)(C)P(C[c-]1c(C(P)(c2ncccn2)c2ncccn2)cc(-c2ccccc2)c1-c1ccccc1)C1C2CC3CC(C2)CC1C3.[Fe].[cH-]1[cH-][cH-][cH-][cH-]1. The van der Waals surface area contributed by atoms with Gasteiger partial charge < -0.3 is 30.3 Å². The van der Waals surface area contributed by atoms with E-state index in [9.17, 15) is 0 Å². The van der Waals surface area contributed by atoms with Gasteiger partial charge in [-0.25, -0.2) is 19.9 Å². The third kappa shape index (κ3) is 7.66. The Bertz CT molecular complexity index is 1940. The number of hydrogen-bond donors (Lipinski definition) is 0. The van der Waals surface area contributed by atoms with Gasteiger partial charge in [0, 0.05) is 41.9 Å². The smallest absolute Gasteiger partial charge is 0.148 e. The first kappa shape index (κ1) is 38.0. The summed E-state index contributed by atoms with van der Waals surface area (Å²) in [6, 6.07) is 38.2. The van der Waals surface area contributed by atoms with Crippen LogP contribution in [0.4, 0.5) is 0 Å². The van der Waals surface area contributed by atoms with Gasteiger partial charge in [-0.1, -0.05) is 92.6 Å². The predicted molar refractivity (Wildman–Crippen MR) is 220 cm³/mol. The average Bonchev–Trinajstić information content (AvgIpc) is 3.88. The molecule has 4 bridgehead atoms. The molecule has 4 aliphatic rings. The van der Waals surface area contributed by atoms with Crippen molar-refractivity contribution in [3.63, 3.8) is 0 Å². The molecule has 2 heterocycles. The Morgan fingerprint density at radius 2 is 1.11 bits per heavy atom. The number of aromatic nitrogens is 4. The van der Waals surface area contributed by atoms with Gasteiger partial charge in [-0.3, -0.25) is 0 Å². The van der Waals surface area contributed by atoms with Crippen LogP contribution >= 0.6 is 17.2 Å². The van der Waals surface area contributed by atoms with Crippen molar-refractivity contribution in [2.24, 2.45) is 23.7 Å². The molecule has 0 radical (unpaired) electrons. The molecule has 2 atom stereocenters. The summed E-state index contributed by atoms with van der Waals surface area (Å²) in [4.78, 5) is 19.6. The van der Waals surface area contributed by atoms with Gasteiger partial charge in [-0.2, -0.15) is 6.07 Å². The van der Waals surface area contributed by atoms with E-state index in [-0.39, 0.29) is 30.1 Å². The summed E-state index contributed by atoms with van der Waals surface area (Å²) in [6.07, 6.45) is 15.7. The van der Waals surface area contributed by atoms with Gasteiger partial charge in [0.05, 0.1) is 0 Å². The minimum absolute atomic E-state index is 0. The number of nitrogens with zero attached hydrogens (tertiary/aromatic N) is 4. The van der Waals surface area contributed by atoms with Gasteiger partial charge in [0.15, 0.2) is 0 Å². The first-order valence-electron chi connectivity index (χ1n) is 19.0. The minimum Gasteiger partial charge on any atom is -0.748 e. The van der Waals surface area contributed by atoms with Crippen molar-refractivity contribution >= 4 is 17.2 Å². The summed E-state index contributed by atoms with van der Waals surface area (Å²) in [5, 5.41) is -0.613. The molecule has 6 aromatic rings. The van der Waals surface area contributed by atoms with E-state index in [1.54, 1.807) is 0 Å². The van der Waals surface area contributed by atoms with Crippen molar-refractivity contribution in [3.05, 3.63) is 157 Å². The van der Waals surface area contributed by atoms with E-state index in [1.165, 1.54) is 65.5 Å². The van der Waals surface area contributed by atoms with Gasteiger partial charge in [0.2, 0.25) is 0 Å². The first-order chi connectivity index (χ1) is 25.3. The van der Waals surface area contributed by atoms with E-state index in [0.29, 0.717) is 11.6 Å². The second-order valence-electron chi connectivity index (χ2n) is 16.2. The molecule has 2 aromatic heterocycles. The Hall–Kier alpha value is -3.32. The van der Waals surface area contributed by atoms with Crippen molar-refractivity contribution in [1.82, 2.24) is 19.9 Å². The molecule has 4 aliphatic carbocycles. The quantitative estimate of drug-likeness (QED) is 0.0878. The maximum absolute atomic E-state index is 4.90. The van der Waals surface area contributed by atoms with Crippen molar-refractivity contribution in [2.45, 2.75) is 75.0 Å². The van der Waals surface area contributed by atoms with Crippen LogP contribution in [0, 0.1) is 23.7 Å². The summed E-state index contributed by atoms with van der Waals surface area (Å²) in [7, 11) is 2.78. The zero-order chi connectivity index (χ0) is 35.7. The minimum atomic E-state index is -0.822. The van der Waals surface area contributed by atoms with Gasteiger partial charge in [-0.15, -0.1) is 39.4 Å². The number of rotatable bonds is 8. The molecule has 0 saturated heterocycles. The molecule has 2 unspecified atom stereocenters. The van der Waals surface area contributed by atoms with Crippen molar-refractivity contribution in [1.29, 1.82) is 0 Å².